The van der Waals surface area contributed by atoms with Crippen LogP contribution in [0.25, 0.3) is 0 Å². The van der Waals surface area contributed by atoms with Crippen molar-refractivity contribution in [1.82, 2.24) is 4.90 Å². The molecule has 2 N–H and O–H groups in total. The van der Waals surface area contributed by atoms with Crippen molar-refractivity contribution >= 4 is 5.91 Å². The van der Waals surface area contributed by atoms with Crippen LogP contribution in [0.15, 0.2) is 10.5 Å². The minimum absolute atomic E-state index is 0.0298. The summed E-state index contributed by atoms with van der Waals surface area (Å²) in [6, 6.07) is 1.80. The number of hydrogen-bond donors (Lipinski definition) is 1. The van der Waals surface area contributed by atoms with Gasteiger partial charge in [-0.15, -0.1) is 0 Å². The second kappa shape index (κ2) is 5.87. The summed E-state index contributed by atoms with van der Waals surface area (Å²) in [5.74, 6) is 1.80. The van der Waals surface area contributed by atoms with Crippen LogP contribution in [-0.4, -0.2) is 30.4 Å². The van der Waals surface area contributed by atoms with Gasteiger partial charge >= 0.3 is 0 Å². The lowest BCUT2D eigenvalue weighted by Gasteiger charge is -2.23. The maximum atomic E-state index is 12.3. The van der Waals surface area contributed by atoms with E-state index in [1.165, 1.54) is 0 Å². The summed E-state index contributed by atoms with van der Waals surface area (Å²) in [7, 11) is 0. The number of furan rings is 1. The van der Waals surface area contributed by atoms with Crippen LogP contribution in [0.5, 0.6) is 0 Å². The van der Waals surface area contributed by atoms with Crippen LogP contribution in [0.4, 0.5) is 0 Å². The number of nitrogens with two attached hydrogens (primary N) is 1. The van der Waals surface area contributed by atoms with E-state index in [2.05, 4.69) is 0 Å². The Morgan fingerprint density at radius 3 is 2.59 bits per heavy atom. The normalized spacial score (nSPS) is 12.5. The molecule has 17 heavy (non-hydrogen) atoms. The highest BCUT2D eigenvalue weighted by molar-refractivity contribution is 5.95. The van der Waals surface area contributed by atoms with E-state index in [-0.39, 0.29) is 5.91 Å². The Labute approximate surface area is 103 Å². The summed E-state index contributed by atoms with van der Waals surface area (Å²) in [5.41, 5.74) is 6.25. The molecule has 1 heterocycles. The Morgan fingerprint density at radius 2 is 2.18 bits per heavy atom. The molecule has 0 spiro atoms. The van der Waals surface area contributed by atoms with Gasteiger partial charge in [0.25, 0.3) is 5.91 Å². The van der Waals surface area contributed by atoms with Gasteiger partial charge in [-0.1, -0.05) is 6.92 Å². The fourth-order valence-electron chi connectivity index (χ4n) is 1.82. The lowest BCUT2D eigenvalue weighted by atomic mass is 10.1. The first-order valence-electron chi connectivity index (χ1n) is 6.05. The number of aryl methyl sites for hydroxylation is 2. The van der Waals surface area contributed by atoms with Crippen LogP contribution in [0.3, 0.4) is 0 Å². The average Bonchev–Trinajstić information content (AvgIpc) is 2.64. The molecular formula is C13H22N2O2. The van der Waals surface area contributed by atoms with E-state index in [0.29, 0.717) is 36.9 Å². The molecule has 0 fully saturated rings. The minimum Gasteiger partial charge on any atom is -0.466 e. The van der Waals surface area contributed by atoms with Gasteiger partial charge in [0.15, 0.2) is 0 Å². The number of rotatable bonds is 5. The van der Waals surface area contributed by atoms with Crippen molar-refractivity contribution < 1.29 is 9.21 Å². The Balaban J connectivity index is 2.82. The fraction of sp³-hybridized carbons (Fsp3) is 0.615. The van der Waals surface area contributed by atoms with E-state index in [0.717, 1.165) is 5.76 Å². The number of nitrogens with zero attached hydrogens (tertiary/aromatic N) is 1. The van der Waals surface area contributed by atoms with Gasteiger partial charge in [-0.05, 0) is 39.3 Å². The van der Waals surface area contributed by atoms with E-state index in [4.69, 9.17) is 10.2 Å². The summed E-state index contributed by atoms with van der Waals surface area (Å²) in [4.78, 5) is 14.1. The molecule has 0 bridgehead atoms. The Morgan fingerprint density at radius 1 is 1.53 bits per heavy atom. The first-order chi connectivity index (χ1) is 7.99. The molecule has 96 valence electrons. The van der Waals surface area contributed by atoms with Crippen molar-refractivity contribution in [2.45, 2.75) is 27.7 Å². The van der Waals surface area contributed by atoms with Gasteiger partial charge in [0.05, 0.1) is 5.56 Å². The zero-order valence-corrected chi connectivity index (χ0v) is 11.1. The third-order valence-electron chi connectivity index (χ3n) is 2.87. The van der Waals surface area contributed by atoms with Crippen LogP contribution < -0.4 is 5.73 Å². The standard InChI is InChI=1S/C13H22N2O2/c1-5-15(8-9(2)7-14)13(16)12-6-10(3)17-11(12)4/h6,9H,5,7-8,14H2,1-4H3. The second-order valence-electron chi connectivity index (χ2n) is 4.51. The molecule has 1 rings (SSSR count). The molecule has 0 saturated carbocycles. The molecule has 0 saturated heterocycles. The lowest BCUT2D eigenvalue weighted by molar-refractivity contribution is 0.0742. The predicted octanol–water partition coefficient (Wildman–Crippen LogP) is 1.95. The molecule has 0 radical (unpaired) electrons. The first-order valence-corrected chi connectivity index (χ1v) is 6.05. The zero-order valence-electron chi connectivity index (χ0n) is 11.1. The van der Waals surface area contributed by atoms with Crippen molar-refractivity contribution in [1.29, 1.82) is 0 Å². The summed E-state index contributed by atoms with van der Waals surface area (Å²) in [6.45, 7) is 9.66. The Kier molecular flexibility index (Phi) is 4.75. The van der Waals surface area contributed by atoms with E-state index in [1.54, 1.807) is 6.07 Å². The third-order valence-corrected chi connectivity index (χ3v) is 2.87. The predicted molar refractivity (Wildman–Crippen MR) is 68.0 cm³/mol. The topological polar surface area (TPSA) is 59.5 Å². The van der Waals surface area contributed by atoms with Crippen molar-refractivity contribution in [2.75, 3.05) is 19.6 Å². The monoisotopic (exact) mass is 238 g/mol. The quantitative estimate of drug-likeness (QED) is 0.853. The summed E-state index contributed by atoms with van der Waals surface area (Å²) in [6.07, 6.45) is 0. The summed E-state index contributed by atoms with van der Waals surface area (Å²) < 4.78 is 5.39. The molecule has 4 heteroatoms. The van der Waals surface area contributed by atoms with Crippen LogP contribution >= 0.6 is 0 Å². The van der Waals surface area contributed by atoms with Gasteiger partial charge in [-0.3, -0.25) is 4.79 Å². The van der Waals surface area contributed by atoms with Crippen molar-refractivity contribution in [2.24, 2.45) is 11.7 Å². The molecule has 4 nitrogen and oxygen atoms in total. The van der Waals surface area contributed by atoms with E-state index in [9.17, 15) is 4.79 Å². The molecule has 1 atom stereocenters. The molecule has 1 unspecified atom stereocenters. The van der Waals surface area contributed by atoms with Crippen molar-refractivity contribution in [3.63, 3.8) is 0 Å². The molecule has 1 aromatic heterocycles. The average molecular weight is 238 g/mol. The highest BCUT2D eigenvalue weighted by atomic mass is 16.3. The van der Waals surface area contributed by atoms with Gasteiger partial charge in [0, 0.05) is 13.1 Å². The molecule has 1 amide bonds. The molecular weight excluding hydrogens is 216 g/mol. The second-order valence-corrected chi connectivity index (χ2v) is 4.51. The van der Waals surface area contributed by atoms with Crippen LogP contribution in [-0.2, 0) is 0 Å². The van der Waals surface area contributed by atoms with E-state index >= 15 is 0 Å². The molecule has 0 aliphatic heterocycles. The van der Waals surface area contributed by atoms with Gasteiger partial charge in [-0.25, -0.2) is 0 Å². The summed E-state index contributed by atoms with van der Waals surface area (Å²) >= 11 is 0. The first kappa shape index (κ1) is 13.8. The van der Waals surface area contributed by atoms with E-state index < -0.39 is 0 Å². The lowest BCUT2D eigenvalue weighted by Crippen LogP contribution is -2.36. The highest BCUT2D eigenvalue weighted by Gasteiger charge is 2.20. The number of carbonyl (C=O) groups is 1. The zero-order chi connectivity index (χ0) is 13.0. The number of carbonyl (C=O) groups excluding carboxylic acids is 1. The fourth-order valence-corrected chi connectivity index (χ4v) is 1.82. The number of hydrogen-bond acceptors (Lipinski definition) is 3. The molecule has 0 aliphatic rings. The largest absolute Gasteiger partial charge is 0.466 e. The summed E-state index contributed by atoms with van der Waals surface area (Å²) in [5, 5.41) is 0. The SMILES string of the molecule is CCN(CC(C)CN)C(=O)c1cc(C)oc1C. The number of amides is 1. The highest BCUT2D eigenvalue weighted by Crippen LogP contribution is 2.16. The van der Waals surface area contributed by atoms with Gasteiger partial charge in [-0.2, -0.15) is 0 Å². The minimum atomic E-state index is 0.0298. The van der Waals surface area contributed by atoms with Crippen LogP contribution in [0.1, 0.15) is 35.7 Å². The van der Waals surface area contributed by atoms with Gasteiger partial charge in [0.1, 0.15) is 11.5 Å². The van der Waals surface area contributed by atoms with Crippen molar-refractivity contribution in [3.8, 4) is 0 Å². The molecule has 0 aromatic carbocycles. The third kappa shape index (κ3) is 3.33. The van der Waals surface area contributed by atoms with Crippen LogP contribution in [0, 0.1) is 19.8 Å². The smallest absolute Gasteiger partial charge is 0.257 e. The Bertz CT molecular complexity index is 385. The molecule has 1 aromatic rings. The Hall–Kier alpha value is -1.29. The van der Waals surface area contributed by atoms with Gasteiger partial charge < -0.3 is 15.1 Å². The maximum Gasteiger partial charge on any atom is 0.257 e. The van der Waals surface area contributed by atoms with E-state index in [1.807, 2.05) is 32.6 Å². The molecule has 0 aliphatic carbocycles. The van der Waals surface area contributed by atoms with Crippen LogP contribution in [0.2, 0.25) is 0 Å². The van der Waals surface area contributed by atoms with Gasteiger partial charge in [0.2, 0.25) is 0 Å². The maximum absolute atomic E-state index is 12.3. The van der Waals surface area contributed by atoms with Crippen molar-refractivity contribution in [3.05, 3.63) is 23.2 Å².